The molecule has 2 N–H and O–H groups in total. The van der Waals surface area contributed by atoms with E-state index in [2.05, 4.69) is 25.0 Å². The Kier molecular flexibility index (Phi) is 7.91. The Labute approximate surface area is 242 Å². The molecule has 42 heavy (non-hydrogen) atoms. The lowest BCUT2D eigenvalue weighted by atomic mass is 10.0. The van der Waals surface area contributed by atoms with Gasteiger partial charge in [-0.2, -0.15) is 5.10 Å². The average molecular weight is 597 g/mol. The summed E-state index contributed by atoms with van der Waals surface area (Å²) in [6, 6.07) is 9.99. The van der Waals surface area contributed by atoms with E-state index in [1.807, 2.05) is 0 Å². The number of rotatable bonds is 7. The molecule has 220 valence electrons. The van der Waals surface area contributed by atoms with E-state index >= 15 is 8.78 Å². The monoisotopic (exact) mass is 596 g/mol. The maximum atomic E-state index is 16.1. The van der Waals surface area contributed by atoms with Crippen LogP contribution in [0, 0.1) is 17.5 Å². The van der Waals surface area contributed by atoms with Crippen molar-refractivity contribution in [1.29, 1.82) is 0 Å². The summed E-state index contributed by atoms with van der Waals surface area (Å²) in [5.74, 6) is -2.30. The van der Waals surface area contributed by atoms with E-state index in [1.54, 1.807) is 24.3 Å². The van der Waals surface area contributed by atoms with Gasteiger partial charge in [-0.15, -0.1) is 0 Å². The summed E-state index contributed by atoms with van der Waals surface area (Å²) in [6.45, 7) is 3.11. The standard InChI is InChI=1S/C30H31F3N6O2S/c31-21-16-24(29(33)27(17-21)37-42(40,41)23-4-2-1-3-5-23)25-19-39(36-30(25)20-8-10-34-11-9-20)28-7-6-22(18-26(28)32)38-14-12-35-13-15-38/h6-11,16-19,23,35,37H,1-5,12-15H2. The van der Waals surface area contributed by atoms with Crippen molar-refractivity contribution >= 4 is 21.4 Å². The molecule has 3 heterocycles. The number of anilines is 2. The minimum atomic E-state index is -3.94. The molecule has 2 aromatic carbocycles. The minimum absolute atomic E-state index is 0.130. The van der Waals surface area contributed by atoms with Crippen molar-refractivity contribution in [3.05, 3.63) is 78.5 Å². The van der Waals surface area contributed by atoms with Crippen LogP contribution in [0.15, 0.2) is 61.1 Å². The van der Waals surface area contributed by atoms with Crippen LogP contribution in [0.1, 0.15) is 32.1 Å². The van der Waals surface area contributed by atoms with E-state index in [1.165, 1.54) is 29.3 Å². The molecule has 0 amide bonds. The maximum Gasteiger partial charge on any atom is 0.235 e. The van der Waals surface area contributed by atoms with Gasteiger partial charge in [-0.25, -0.2) is 26.3 Å². The smallest absolute Gasteiger partial charge is 0.235 e. The number of halogens is 3. The highest BCUT2D eigenvalue weighted by Crippen LogP contribution is 2.37. The van der Waals surface area contributed by atoms with E-state index in [0.29, 0.717) is 18.4 Å². The van der Waals surface area contributed by atoms with Gasteiger partial charge in [0.05, 0.1) is 10.9 Å². The molecule has 2 aliphatic rings. The Bertz CT molecular complexity index is 1680. The van der Waals surface area contributed by atoms with Crippen LogP contribution in [0.5, 0.6) is 0 Å². The van der Waals surface area contributed by atoms with E-state index in [0.717, 1.165) is 63.3 Å². The molecule has 2 fully saturated rings. The average Bonchev–Trinajstić information content (AvgIpc) is 3.45. The summed E-state index contributed by atoms with van der Waals surface area (Å²) in [6.07, 6.45) is 7.92. The summed E-state index contributed by atoms with van der Waals surface area (Å²) in [4.78, 5) is 6.10. The van der Waals surface area contributed by atoms with E-state index < -0.39 is 38.4 Å². The first kappa shape index (κ1) is 28.2. The van der Waals surface area contributed by atoms with Crippen molar-refractivity contribution in [3.63, 3.8) is 0 Å². The van der Waals surface area contributed by atoms with Crippen molar-refractivity contribution < 1.29 is 21.6 Å². The number of aromatic nitrogens is 3. The Hall–Kier alpha value is -3.90. The molecular formula is C30H31F3N6O2S. The van der Waals surface area contributed by atoms with Gasteiger partial charge in [0.2, 0.25) is 10.0 Å². The molecule has 0 radical (unpaired) electrons. The van der Waals surface area contributed by atoms with Gasteiger partial charge in [-0.05, 0) is 49.2 Å². The summed E-state index contributed by atoms with van der Waals surface area (Å²) < 4.78 is 76.2. The SMILES string of the molecule is O=S(=O)(Nc1cc(F)cc(-c2cn(-c3ccc(N4CCNCC4)cc3F)nc2-c2ccncc2)c1F)C1CCCCC1. The first-order chi connectivity index (χ1) is 20.3. The van der Waals surface area contributed by atoms with E-state index in [4.69, 9.17) is 0 Å². The Morgan fingerprint density at radius 1 is 0.905 bits per heavy atom. The molecule has 0 bridgehead atoms. The van der Waals surface area contributed by atoms with Gasteiger partial charge < -0.3 is 10.2 Å². The van der Waals surface area contributed by atoms with Gasteiger partial charge >= 0.3 is 0 Å². The van der Waals surface area contributed by atoms with Gasteiger partial charge in [0.1, 0.15) is 17.2 Å². The van der Waals surface area contributed by atoms with Crippen LogP contribution in [0.3, 0.4) is 0 Å². The Morgan fingerprint density at radius 2 is 1.64 bits per heavy atom. The van der Waals surface area contributed by atoms with Crippen molar-refractivity contribution in [1.82, 2.24) is 20.1 Å². The highest BCUT2D eigenvalue weighted by atomic mass is 32.2. The highest BCUT2D eigenvalue weighted by molar-refractivity contribution is 7.93. The van der Waals surface area contributed by atoms with Crippen molar-refractivity contribution in [2.24, 2.45) is 0 Å². The second-order valence-corrected chi connectivity index (χ2v) is 12.6. The molecule has 0 unspecified atom stereocenters. The third-order valence-electron chi connectivity index (χ3n) is 7.90. The Balaban J connectivity index is 1.42. The molecule has 6 rings (SSSR count). The zero-order valence-corrected chi connectivity index (χ0v) is 23.7. The third-order valence-corrected chi connectivity index (χ3v) is 9.75. The number of benzene rings is 2. The lowest BCUT2D eigenvalue weighted by Gasteiger charge is -2.29. The van der Waals surface area contributed by atoms with Gasteiger partial charge in [0.15, 0.2) is 11.6 Å². The van der Waals surface area contributed by atoms with E-state index in [9.17, 15) is 12.8 Å². The van der Waals surface area contributed by atoms with Crippen LogP contribution in [-0.2, 0) is 10.0 Å². The zero-order chi connectivity index (χ0) is 29.3. The molecule has 12 heteroatoms. The van der Waals surface area contributed by atoms with E-state index in [-0.39, 0.29) is 22.5 Å². The summed E-state index contributed by atoms with van der Waals surface area (Å²) in [5.41, 5.74) is 1.17. The number of hydrogen-bond donors (Lipinski definition) is 2. The quantitative estimate of drug-likeness (QED) is 0.293. The highest BCUT2D eigenvalue weighted by Gasteiger charge is 2.29. The van der Waals surface area contributed by atoms with Crippen molar-refractivity contribution in [3.8, 4) is 28.1 Å². The molecule has 8 nitrogen and oxygen atoms in total. The normalized spacial score (nSPS) is 16.5. The van der Waals surface area contributed by atoms with Crippen LogP contribution in [0.2, 0.25) is 0 Å². The largest absolute Gasteiger partial charge is 0.369 e. The number of nitrogens with one attached hydrogen (secondary N) is 2. The predicted octanol–water partition coefficient (Wildman–Crippen LogP) is 5.50. The van der Waals surface area contributed by atoms with Crippen molar-refractivity contribution in [2.45, 2.75) is 37.4 Å². The second kappa shape index (κ2) is 11.8. The minimum Gasteiger partial charge on any atom is -0.369 e. The predicted molar refractivity (Wildman–Crippen MR) is 157 cm³/mol. The fraction of sp³-hybridized carbons (Fsp3) is 0.333. The topological polar surface area (TPSA) is 92.2 Å². The first-order valence-electron chi connectivity index (χ1n) is 14.1. The van der Waals surface area contributed by atoms with Gasteiger partial charge in [0.25, 0.3) is 0 Å². The molecule has 0 spiro atoms. The van der Waals surface area contributed by atoms with Gasteiger partial charge in [-0.3, -0.25) is 9.71 Å². The number of hydrogen-bond acceptors (Lipinski definition) is 6. The van der Waals surface area contributed by atoms with Crippen molar-refractivity contribution in [2.75, 3.05) is 35.8 Å². The molecule has 0 atom stereocenters. The molecule has 2 aromatic heterocycles. The number of piperazine rings is 1. The van der Waals surface area contributed by atoms with Crippen LogP contribution in [0.25, 0.3) is 28.1 Å². The van der Waals surface area contributed by atoms with Crippen LogP contribution in [0.4, 0.5) is 24.5 Å². The molecular weight excluding hydrogens is 565 g/mol. The summed E-state index contributed by atoms with van der Waals surface area (Å²) in [5, 5.41) is 7.18. The molecule has 1 saturated carbocycles. The molecule has 1 saturated heterocycles. The molecule has 4 aromatic rings. The molecule has 1 aliphatic carbocycles. The first-order valence-corrected chi connectivity index (χ1v) is 15.6. The summed E-state index contributed by atoms with van der Waals surface area (Å²) in [7, 11) is -3.94. The van der Waals surface area contributed by atoms with Gasteiger partial charge in [-0.1, -0.05) is 19.3 Å². The number of sulfonamides is 1. The maximum absolute atomic E-state index is 16.1. The fourth-order valence-corrected chi connectivity index (χ4v) is 7.27. The van der Waals surface area contributed by atoms with Crippen LogP contribution >= 0.6 is 0 Å². The second-order valence-electron chi connectivity index (χ2n) is 10.7. The Morgan fingerprint density at radius 3 is 2.36 bits per heavy atom. The number of nitrogens with zero attached hydrogens (tertiary/aromatic N) is 4. The van der Waals surface area contributed by atoms with Gasteiger partial charge in [0, 0.05) is 73.2 Å². The fourth-order valence-electron chi connectivity index (χ4n) is 5.69. The lowest BCUT2D eigenvalue weighted by Crippen LogP contribution is -2.43. The lowest BCUT2D eigenvalue weighted by molar-refractivity contribution is 0.486. The van der Waals surface area contributed by atoms with Crippen LogP contribution < -0.4 is 14.9 Å². The summed E-state index contributed by atoms with van der Waals surface area (Å²) >= 11 is 0. The number of pyridine rings is 1. The zero-order valence-electron chi connectivity index (χ0n) is 22.9. The molecule has 1 aliphatic heterocycles. The van der Waals surface area contributed by atoms with Crippen LogP contribution in [-0.4, -0.2) is 54.6 Å². The third kappa shape index (κ3) is 5.73.